The summed E-state index contributed by atoms with van der Waals surface area (Å²) in [4.78, 5) is 26.2. The smallest absolute Gasteiger partial charge is 0.354 e. The second-order valence-corrected chi connectivity index (χ2v) is 4.39. The van der Waals surface area contributed by atoms with Gasteiger partial charge in [-0.2, -0.15) is 0 Å². The monoisotopic (exact) mass is 286 g/mol. The van der Waals surface area contributed by atoms with Crippen molar-refractivity contribution in [2.75, 3.05) is 11.9 Å². The molecule has 0 saturated carbocycles. The summed E-state index contributed by atoms with van der Waals surface area (Å²) < 4.78 is 5.35. The van der Waals surface area contributed by atoms with Crippen molar-refractivity contribution < 1.29 is 19.4 Å². The number of nitrogens with zero attached hydrogens (tertiary/aromatic N) is 1. The van der Waals surface area contributed by atoms with E-state index in [1.807, 2.05) is 25.1 Å². The second kappa shape index (κ2) is 6.51. The number of aromatic carboxylic acids is 1. The van der Waals surface area contributed by atoms with Crippen molar-refractivity contribution in [3.8, 4) is 5.75 Å². The molecule has 2 aromatic rings. The molecule has 0 aliphatic rings. The van der Waals surface area contributed by atoms with Gasteiger partial charge in [-0.05, 0) is 36.8 Å². The van der Waals surface area contributed by atoms with Gasteiger partial charge in [-0.25, -0.2) is 9.78 Å². The first kappa shape index (κ1) is 14.5. The Balaban J connectivity index is 1.93. The molecule has 1 heterocycles. The summed E-state index contributed by atoms with van der Waals surface area (Å²) in [5.74, 6) is -0.924. The Labute approximate surface area is 121 Å². The Morgan fingerprint density at radius 2 is 2.10 bits per heavy atom. The highest BCUT2D eigenvalue weighted by Gasteiger charge is 2.08. The minimum atomic E-state index is -1.15. The van der Waals surface area contributed by atoms with Crippen molar-refractivity contribution in [2.24, 2.45) is 0 Å². The molecular weight excluding hydrogens is 272 g/mol. The Morgan fingerprint density at radius 1 is 1.29 bits per heavy atom. The van der Waals surface area contributed by atoms with E-state index in [4.69, 9.17) is 9.84 Å². The molecule has 1 amide bonds. The Bertz CT molecular complexity index is 670. The van der Waals surface area contributed by atoms with Gasteiger partial charge in [0.1, 0.15) is 11.4 Å². The third-order valence-corrected chi connectivity index (χ3v) is 2.62. The standard InChI is InChI=1S/C15H14N2O4/c1-10-3-2-4-12(7-10)21-9-14(18)17-11-5-6-16-13(8-11)15(19)20/h2-8H,9H2,1H3,(H,19,20)(H,16,17,18). The number of carboxylic acid groups (broad SMARTS) is 1. The molecule has 1 aromatic heterocycles. The van der Waals surface area contributed by atoms with Crippen LogP contribution in [0.1, 0.15) is 16.1 Å². The average Bonchev–Trinajstić information content (AvgIpc) is 2.45. The van der Waals surface area contributed by atoms with E-state index in [1.165, 1.54) is 18.3 Å². The first-order chi connectivity index (χ1) is 10.0. The molecule has 2 rings (SSSR count). The Hall–Kier alpha value is -2.89. The van der Waals surface area contributed by atoms with Gasteiger partial charge in [0.15, 0.2) is 6.61 Å². The molecule has 0 spiro atoms. The zero-order valence-corrected chi connectivity index (χ0v) is 11.4. The molecule has 108 valence electrons. The first-order valence-corrected chi connectivity index (χ1v) is 6.23. The van der Waals surface area contributed by atoms with E-state index >= 15 is 0 Å². The molecule has 0 bridgehead atoms. The van der Waals surface area contributed by atoms with E-state index in [9.17, 15) is 9.59 Å². The third-order valence-electron chi connectivity index (χ3n) is 2.62. The van der Waals surface area contributed by atoms with E-state index in [1.54, 1.807) is 6.07 Å². The number of hydrogen-bond donors (Lipinski definition) is 2. The fraction of sp³-hybridized carbons (Fsp3) is 0.133. The fourth-order valence-electron chi connectivity index (χ4n) is 1.68. The van der Waals surface area contributed by atoms with Crippen molar-refractivity contribution in [3.05, 3.63) is 53.9 Å². The van der Waals surface area contributed by atoms with Crippen LogP contribution in [0, 0.1) is 6.92 Å². The van der Waals surface area contributed by atoms with Gasteiger partial charge >= 0.3 is 5.97 Å². The molecule has 0 aliphatic carbocycles. The quantitative estimate of drug-likeness (QED) is 0.878. The maximum absolute atomic E-state index is 11.7. The highest BCUT2D eigenvalue weighted by atomic mass is 16.5. The van der Waals surface area contributed by atoms with Gasteiger partial charge in [-0.1, -0.05) is 12.1 Å². The number of aryl methyl sites for hydroxylation is 1. The van der Waals surface area contributed by atoms with Crippen LogP contribution in [0.5, 0.6) is 5.75 Å². The number of carbonyl (C=O) groups is 2. The molecule has 6 heteroatoms. The minimum Gasteiger partial charge on any atom is -0.484 e. The molecule has 0 saturated heterocycles. The van der Waals surface area contributed by atoms with Gasteiger partial charge in [0.25, 0.3) is 5.91 Å². The third kappa shape index (κ3) is 4.31. The number of benzene rings is 1. The zero-order valence-electron chi connectivity index (χ0n) is 11.4. The van der Waals surface area contributed by atoms with Gasteiger partial charge in [-0.15, -0.1) is 0 Å². The normalized spacial score (nSPS) is 9.95. The van der Waals surface area contributed by atoms with Gasteiger partial charge in [0, 0.05) is 11.9 Å². The van der Waals surface area contributed by atoms with Crippen molar-refractivity contribution in [3.63, 3.8) is 0 Å². The number of carboxylic acids is 1. The topological polar surface area (TPSA) is 88.5 Å². The van der Waals surface area contributed by atoms with Crippen molar-refractivity contribution >= 4 is 17.6 Å². The molecule has 0 radical (unpaired) electrons. The van der Waals surface area contributed by atoms with Gasteiger partial charge in [0.05, 0.1) is 0 Å². The Morgan fingerprint density at radius 3 is 2.81 bits per heavy atom. The number of amides is 1. The summed E-state index contributed by atoms with van der Waals surface area (Å²) in [6.07, 6.45) is 1.32. The maximum atomic E-state index is 11.7. The predicted octanol–water partition coefficient (Wildman–Crippen LogP) is 2.11. The minimum absolute atomic E-state index is 0.132. The molecular formula is C15H14N2O4. The molecule has 6 nitrogen and oxygen atoms in total. The van der Waals surface area contributed by atoms with Gasteiger partial charge in [-0.3, -0.25) is 4.79 Å². The van der Waals surface area contributed by atoms with E-state index in [0.29, 0.717) is 11.4 Å². The molecule has 21 heavy (non-hydrogen) atoms. The van der Waals surface area contributed by atoms with E-state index in [-0.39, 0.29) is 18.2 Å². The zero-order chi connectivity index (χ0) is 15.2. The van der Waals surface area contributed by atoms with Crippen LogP contribution in [0.4, 0.5) is 5.69 Å². The Kier molecular flexibility index (Phi) is 4.50. The number of anilines is 1. The molecule has 1 aromatic carbocycles. The number of rotatable bonds is 5. The summed E-state index contributed by atoms with van der Waals surface area (Å²) in [5.41, 5.74) is 1.26. The average molecular weight is 286 g/mol. The SMILES string of the molecule is Cc1cccc(OCC(=O)Nc2ccnc(C(=O)O)c2)c1. The molecule has 0 unspecified atom stereocenters. The number of hydrogen-bond acceptors (Lipinski definition) is 4. The van der Waals surface area contributed by atoms with Crippen LogP contribution in [0.3, 0.4) is 0 Å². The first-order valence-electron chi connectivity index (χ1n) is 6.23. The van der Waals surface area contributed by atoms with E-state index in [2.05, 4.69) is 10.3 Å². The largest absolute Gasteiger partial charge is 0.484 e. The lowest BCUT2D eigenvalue weighted by Crippen LogP contribution is -2.20. The van der Waals surface area contributed by atoms with Crippen LogP contribution in [0.2, 0.25) is 0 Å². The van der Waals surface area contributed by atoms with Gasteiger partial charge < -0.3 is 15.2 Å². The van der Waals surface area contributed by atoms with Crippen LogP contribution in [0.25, 0.3) is 0 Å². The van der Waals surface area contributed by atoms with E-state index < -0.39 is 5.97 Å². The predicted molar refractivity (Wildman–Crippen MR) is 76.5 cm³/mol. The molecule has 2 N–H and O–H groups in total. The number of aromatic nitrogens is 1. The van der Waals surface area contributed by atoms with Crippen LogP contribution in [0.15, 0.2) is 42.6 Å². The van der Waals surface area contributed by atoms with Crippen molar-refractivity contribution in [1.29, 1.82) is 0 Å². The maximum Gasteiger partial charge on any atom is 0.354 e. The van der Waals surface area contributed by atoms with Crippen molar-refractivity contribution in [2.45, 2.75) is 6.92 Å². The number of ether oxygens (including phenoxy) is 1. The van der Waals surface area contributed by atoms with Crippen LogP contribution in [-0.2, 0) is 4.79 Å². The van der Waals surface area contributed by atoms with Gasteiger partial charge in [0.2, 0.25) is 0 Å². The highest BCUT2D eigenvalue weighted by molar-refractivity contribution is 5.93. The second-order valence-electron chi connectivity index (χ2n) is 4.39. The molecule has 0 fully saturated rings. The lowest BCUT2D eigenvalue weighted by atomic mass is 10.2. The van der Waals surface area contributed by atoms with Crippen LogP contribution in [-0.4, -0.2) is 28.6 Å². The number of carbonyl (C=O) groups excluding carboxylic acids is 1. The molecule has 0 aliphatic heterocycles. The van der Waals surface area contributed by atoms with E-state index in [0.717, 1.165) is 5.56 Å². The summed E-state index contributed by atoms with van der Waals surface area (Å²) >= 11 is 0. The number of nitrogens with one attached hydrogen (secondary N) is 1. The lowest BCUT2D eigenvalue weighted by Gasteiger charge is -2.08. The number of pyridine rings is 1. The summed E-state index contributed by atoms with van der Waals surface area (Å²) in [5, 5.41) is 11.4. The molecule has 0 atom stereocenters. The summed E-state index contributed by atoms with van der Waals surface area (Å²) in [6, 6.07) is 10.1. The van der Waals surface area contributed by atoms with Crippen molar-refractivity contribution in [1.82, 2.24) is 4.98 Å². The lowest BCUT2D eigenvalue weighted by molar-refractivity contribution is -0.118. The van der Waals surface area contributed by atoms with Crippen LogP contribution < -0.4 is 10.1 Å². The van der Waals surface area contributed by atoms with Crippen LogP contribution >= 0.6 is 0 Å². The summed E-state index contributed by atoms with van der Waals surface area (Å²) in [6.45, 7) is 1.77. The fourth-order valence-corrected chi connectivity index (χ4v) is 1.68. The highest BCUT2D eigenvalue weighted by Crippen LogP contribution is 2.12. The summed E-state index contributed by atoms with van der Waals surface area (Å²) in [7, 11) is 0.